The second kappa shape index (κ2) is 49.3. The van der Waals surface area contributed by atoms with Crippen LogP contribution < -0.4 is 5.32 Å². The van der Waals surface area contributed by atoms with Crippen LogP contribution in [0.1, 0.15) is 290 Å². The van der Waals surface area contributed by atoms with E-state index in [0.29, 0.717) is 19.4 Å². The summed E-state index contributed by atoms with van der Waals surface area (Å²) in [5.74, 6) is -0.0967. The van der Waals surface area contributed by atoms with Gasteiger partial charge in [-0.2, -0.15) is 0 Å². The van der Waals surface area contributed by atoms with Gasteiger partial charge in [0.1, 0.15) is 0 Å². The minimum Gasteiger partial charge on any atom is -0.466 e. The zero-order valence-corrected chi connectivity index (χ0v) is 39.7. The summed E-state index contributed by atoms with van der Waals surface area (Å²) in [6, 6.07) is -0.640. The smallest absolute Gasteiger partial charge is 0.305 e. The van der Waals surface area contributed by atoms with Crippen molar-refractivity contribution in [3.8, 4) is 0 Å². The normalized spacial score (nSPS) is 12.7. The van der Waals surface area contributed by atoms with E-state index >= 15 is 0 Å². The lowest BCUT2D eigenvalue weighted by atomic mass is 10.0. The first kappa shape index (κ1) is 57.6. The van der Waals surface area contributed by atoms with Crippen molar-refractivity contribution < 1.29 is 24.5 Å². The fourth-order valence-corrected chi connectivity index (χ4v) is 8.22. The van der Waals surface area contributed by atoms with Gasteiger partial charge < -0.3 is 20.3 Å². The highest BCUT2D eigenvalue weighted by Crippen LogP contribution is 2.16. The lowest BCUT2D eigenvalue weighted by Gasteiger charge is -2.20. The van der Waals surface area contributed by atoms with Gasteiger partial charge in [-0.05, 0) is 32.1 Å². The number of carbonyl (C=O) groups excluding carboxylic acids is 2. The molecule has 6 nitrogen and oxygen atoms in total. The molecule has 6 heteroatoms. The Morgan fingerprint density at radius 1 is 0.458 bits per heavy atom. The van der Waals surface area contributed by atoms with E-state index in [-0.39, 0.29) is 18.5 Å². The summed E-state index contributed by atoms with van der Waals surface area (Å²) in [6.07, 6.45) is 56.4. The van der Waals surface area contributed by atoms with Crippen LogP contribution in [0.4, 0.5) is 0 Å². The van der Waals surface area contributed by atoms with Crippen molar-refractivity contribution in [2.24, 2.45) is 0 Å². The standard InChI is InChI=1S/C53H103NO5/c1-3-5-7-9-11-13-15-17-19-20-21-23-27-31-35-39-43-47-53(58)59-48-44-40-36-32-28-24-26-30-34-38-42-46-52(57)54-50(49-55)51(56)45-41-37-33-29-25-22-18-16-14-12-10-8-6-4-2/h41,45,50-51,55-56H,3-40,42-44,46-49H2,1-2H3,(H,54,57)/b45-41+. The number of rotatable bonds is 49. The highest BCUT2D eigenvalue weighted by molar-refractivity contribution is 5.76. The van der Waals surface area contributed by atoms with E-state index in [1.807, 2.05) is 6.08 Å². The van der Waals surface area contributed by atoms with Crippen LogP contribution in [0.5, 0.6) is 0 Å². The first-order chi connectivity index (χ1) is 29.0. The molecular formula is C53H103NO5. The first-order valence-electron chi connectivity index (χ1n) is 26.5. The van der Waals surface area contributed by atoms with Gasteiger partial charge in [0.05, 0.1) is 25.4 Å². The molecule has 0 aliphatic heterocycles. The molecule has 0 radical (unpaired) electrons. The van der Waals surface area contributed by atoms with Crippen molar-refractivity contribution in [1.29, 1.82) is 0 Å². The third-order valence-corrected chi connectivity index (χ3v) is 12.3. The monoisotopic (exact) mass is 834 g/mol. The molecule has 350 valence electrons. The number of allylic oxidation sites excluding steroid dienone is 1. The summed E-state index contributed by atoms with van der Waals surface area (Å²) in [7, 11) is 0. The van der Waals surface area contributed by atoms with E-state index < -0.39 is 12.1 Å². The summed E-state index contributed by atoms with van der Waals surface area (Å²) in [6.45, 7) is 4.87. The highest BCUT2D eigenvalue weighted by Gasteiger charge is 2.18. The van der Waals surface area contributed by atoms with E-state index in [0.717, 1.165) is 57.8 Å². The number of unbranched alkanes of at least 4 members (excludes halogenated alkanes) is 38. The molecule has 3 N–H and O–H groups in total. The van der Waals surface area contributed by atoms with Gasteiger partial charge in [-0.3, -0.25) is 9.59 Å². The van der Waals surface area contributed by atoms with Crippen LogP contribution in [-0.4, -0.2) is 47.4 Å². The quantitative estimate of drug-likeness (QED) is 0.0322. The minimum absolute atomic E-state index is 0.0113. The topological polar surface area (TPSA) is 95.9 Å². The van der Waals surface area contributed by atoms with Crippen LogP contribution in [0.2, 0.25) is 0 Å². The molecular weight excluding hydrogens is 731 g/mol. The van der Waals surface area contributed by atoms with Crippen LogP contribution >= 0.6 is 0 Å². The van der Waals surface area contributed by atoms with Gasteiger partial charge in [0, 0.05) is 12.8 Å². The Labute approximate surface area is 368 Å². The van der Waals surface area contributed by atoms with Gasteiger partial charge in [-0.25, -0.2) is 0 Å². The van der Waals surface area contributed by atoms with E-state index in [4.69, 9.17) is 4.74 Å². The predicted molar refractivity (Wildman–Crippen MR) is 255 cm³/mol. The fraction of sp³-hybridized carbons (Fsp3) is 0.925. The van der Waals surface area contributed by atoms with Gasteiger partial charge >= 0.3 is 5.97 Å². The second-order valence-corrected chi connectivity index (χ2v) is 18.2. The molecule has 0 aliphatic carbocycles. The summed E-state index contributed by atoms with van der Waals surface area (Å²) in [4.78, 5) is 24.5. The average Bonchev–Trinajstić information content (AvgIpc) is 3.24. The van der Waals surface area contributed by atoms with Crippen molar-refractivity contribution in [3.63, 3.8) is 0 Å². The van der Waals surface area contributed by atoms with Gasteiger partial charge in [-0.1, -0.05) is 257 Å². The van der Waals surface area contributed by atoms with Crippen LogP contribution in [0, 0.1) is 0 Å². The zero-order valence-electron chi connectivity index (χ0n) is 39.7. The molecule has 0 aromatic rings. The molecule has 0 fully saturated rings. The van der Waals surface area contributed by atoms with Crippen molar-refractivity contribution >= 4 is 11.9 Å². The molecule has 0 rings (SSSR count). The van der Waals surface area contributed by atoms with Crippen LogP contribution in [0.3, 0.4) is 0 Å². The third-order valence-electron chi connectivity index (χ3n) is 12.3. The molecule has 2 atom stereocenters. The number of amides is 1. The van der Waals surface area contributed by atoms with E-state index in [9.17, 15) is 19.8 Å². The number of aliphatic hydroxyl groups excluding tert-OH is 2. The summed E-state index contributed by atoms with van der Waals surface area (Å²) in [5.41, 5.74) is 0. The average molecular weight is 834 g/mol. The highest BCUT2D eigenvalue weighted by atomic mass is 16.5. The summed E-state index contributed by atoms with van der Waals surface area (Å²) >= 11 is 0. The van der Waals surface area contributed by atoms with E-state index in [1.54, 1.807) is 6.08 Å². The molecule has 0 aromatic carbocycles. The first-order valence-corrected chi connectivity index (χ1v) is 26.5. The maximum absolute atomic E-state index is 12.4. The van der Waals surface area contributed by atoms with Crippen molar-refractivity contribution in [3.05, 3.63) is 12.2 Å². The zero-order chi connectivity index (χ0) is 43.0. The van der Waals surface area contributed by atoms with Crippen LogP contribution in [0.15, 0.2) is 12.2 Å². The third kappa shape index (κ3) is 45.9. The molecule has 1 amide bonds. The predicted octanol–water partition coefficient (Wildman–Crippen LogP) is 15.7. The molecule has 0 aromatic heterocycles. The number of hydrogen-bond donors (Lipinski definition) is 3. The van der Waals surface area contributed by atoms with E-state index in [1.165, 1.54) is 205 Å². The van der Waals surface area contributed by atoms with Crippen molar-refractivity contribution in [2.45, 2.75) is 302 Å². The van der Waals surface area contributed by atoms with Crippen molar-refractivity contribution in [1.82, 2.24) is 5.32 Å². The van der Waals surface area contributed by atoms with E-state index in [2.05, 4.69) is 19.2 Å². The summed E-state index contributed by atoms with van der Waals surface area (Å²) < 4.78 is 5.47. The molecule has 0 saturated carbocycles. The number of ether oxygens (including phenoxy) is 1. The molecule has 2 unspecified atom stereocenters. The van der Waals surface area contributed by atoms with Crippen LogP contribution in [-0.2, 0) is 14.3 Å². The molecule has 0 spiro atoms. The Hall–Kier alpha value is -1.40. The largest absolute Gasteiger partial charge is 0.466 e. The molecule has 0 aliphatic rings. The van der Waals surface area contributed by atoms with Crippen LogP contribution in [0.25, 0.3) is 0 Å². The van der Waals surface area contributed by atoms with Gasteiger partial charge in [0.15, 0.2) is 0 Å². The lowest BCUT2D eigenvalue weighted by molar-refractivity contribution is -0.143. The number of hydrogen-bond acceptors (Lipinski definition) is 5. The Bertz CT molecular complexity index is 878. The number of carbonyl (C=O) groups is 2. The molecule has 0 bridgehead atoms. The molecule has 0 heterocycles. The second-order valence-electron chi connectivity index (χ2n) is 18.2. The fourth-order valence-electron chi connectivity index (χ4n) is 8.22. The SMILES string of the molecule is CCCCCCCCCCCCCC/C=C/C(O)C(CO)NC(=O)CCCCCCCCCCCCCOC(=O)CCCCCCCCCCCCCCCCCCC. The maximum Gasteiger partial charge on any atom is 0.305 e. The minimum atomic E-state index is -0.855. The Kier molecular flexibility index (Phi) is 48.1. The van der Waals surface area contributed by atoms with Gasteiger partial charge in [0.2, 0.25) is 5.91 Å². The molecule has 59 heavy (non-hydrogen) atoms. The number of esters is 1. The lowest BCUT2D eigenvalue weighted by Crippen LogP contribution is -2.45. The van der Waals surface area contributed by atoms with Gasteiger partial charge in [0.25, 0.3) is 0 Å². The van der Waals surface area contributed by atoms with Crippen molar-refractivity contribution in [2.75, 3.05) is 13.2 Å². The summed E-state index contributed by atoms with van der Waals surface area (Å²) in [5, 5.41) is 23.0. The number of nitrogens with one attached hydrogen (secondary N) is 1. The Morgan fingerprint density at radius 2 is 0.780 bits per heavy atom. The maximum atomic E-state index is 12.4. The number of aliphatic hydroxyl groups is 2. The molecule has 0 saturated heterocycles. The van der Waals surface area contributed by atoms with Gasteiger partial charge in [-0.15, -0.1) is 0 Å². The Balaban J connectivity index is 3.47. The Morgan fingerprint density at radius 3 is 1.15 bits per heavy atom.